The van der Waals surface area contributed by atoms with Gasteiger partial charge in [-0.15, -0.1) is 0 Å². The molecule has 0 aromatic carbocycles. The van der Waals surface area contributed by atoms with Crippen molar-refractivity contribution in [1.82, 2.24) is 10.6 Å². The van der Waals surface area contributed by atoms with Gasteiger partial charge in [0.15, 0.2) is 0 Å². The molecule has 1 saturated heterocycles. The fraction of sp³-hybridized carbons (Fsp3) is 0.833. The molecule has 17 heavy (non-hydrogen) atoms. The number of nitrogens with one attached hydrogen (secondary N) is 2. The van der Waals surface area contributed by atoms with Gasteiger partial charge in [0.2, 0.25) is 5.91 Å². The fourth-order valence-electron chi connectivity index (χ4n) is 2.12. The predicted octanol–water partition coefficient (Wildman–Crippen LogP) is 0.888. The summed E-state index contributed by atoms with van der Waals surface area (Å²) in [4.78, 5) is 22.0. The average molecular weight is 242 g/mol. The third kappa shape index (κ3) is 6.26. The van der Waals surface area contributed by atoms with Gasteiger partial charge in [-0.1, -0.05) is 0 Å². The molecule has 0 aromatic rings. The zero-order chi connectivity index (χ0) is 12.7. The lowest BCUT2D eigenvalue weighted by Crippen LogP contribution is -2.36. The van der Waals surface area contributed by atoms with Crippen molar-refractivity contribution in [1.29, 1.82) is 0 Å². The van der Waals surface area contributed by atoms with Crippen LogP contribution in [0.3, 0.4) is 0 Å². The van der Waals surface area contributed by atoms with Crippen molar-refractivity contribution in [2.45, 2.75) is 57.5 Å². The lowest BCUT2D eigenvalue weighted by molar-refractivity contribution is -0.137. The van der Waals surface area contributed by atoms with Crippen LogP contribution in [0.25, 0.3) is 0 Å². The fourth-order valence-corrected chi connectivity index (χ4v) is 2.12. The quantitative estimate of drug-likeness (QED) is 0.619. The lowest BCUT2D eigenvalue weighted by atomic mass is 10.1. The molecule has 1 fully saturated rings. The van der Waals surface area contributed by atoms with Crippen LogP contribution in [0, 0.1) is 0 Å². The number of carboxylic acids is 1. The molecule has 2 atom stereocenters. The highest BCUT2D eigenvalue weighted by Gasteiger charge is 2.18. The first kappa shape index (κ1) is 14.0. The van der Waals surface area contributed by atoms with E-state index in [-0.39, 0.29) is 18.4 Å². The van der Waals surface area contributed by atoms with Gasteiger partial charge in [-0.2, -0.15) is 0 Å². The van der Waals surface area contributed by atoms with Gasteiger partial charge in [0.25, 0.3) is 0 Å². The van der Waals surface area contributed by atoms with Crippen LogP contribution in [-0.2, 0) is 9.59 Å². The van der Waals surface area contributed by atoms with Crippen LogP contribution in [0.15, 0.2) is 0 Å². The average Bonchev–Trinajstić information content (AvgIpc) is 2.69. The van der Waals surface area contributed by atoms with Crippen LogP contribution >= 0.6 is 0 Å². The SMILES string of the molecule is CC(CCCC(=O)O)NC(=O)CC1CCCN1. The van der Waals surface area contributed by atoms with Crippen LogP contribution in [0.4, 0.5) is 0 Å². The second-order valence-electron chi connectivity index (χ2n) is 4.75. The Morgan fingerprint density at radius 2 is 2.29 bits per heavy atom. The van der Waals surface area contributed by atoms with E-state index in [1.54, 1.807) is 0 Å². The molecule has 0 saturated carbocycles. The monoisotopic (exact) mass is 242 g/mol. The third-order valence-electron chi connectivity index (χ3n) is 3.03. The molecule has 1 rings (SSSR count). The van der Waals surface area contributed by atoms with Crippen molar-refractivity contribution >= 4 is 11.9 Å². The first-order valence-corrected chi connectivity index (χ1v) is 6.32. The van der Waals surface area contributed by atoms with E-state index in [2.05, 4.69) is 10.6 Å². The van der Waals surface area contributed by atoms with Crippen molar-refractivity contribution in [3.05, 3.63) is 0 Å². The van der Waals surface area contributed by atoms with Crippen LogP contribution in [-0.4, -0.2) is 35.6 Å². The van der Waals surface area contributed by atoms with Gasteiger partial charge >= 0.3 is 5.97 Å². The smallest absolute Gasteiger partial charge is 0.303 e. The van der Waals surface area contributed by atoms with Gasteiger partial charge in [-0.3, -0.25) is 9.59 Å². The minimum Gasteiger partial charge on any atom is -0.481 e. The number of carbonyl (C=O) groups excluding carboxylic acids is 1. The standard InChI is InChI=1S/C12H22N2O3/c1-9(4-2-6-12(16)17)14-11(15)8-10-5-3-7-13-10/h9-10,13H,2-8H2,1H3,(H,14,15)(H,16,17). The molecular formula is C12H22N2O3. The van der Waals surface area contributed by atoms with E-state index in [9.17, 15) is 9.59 Å². The van der Waals surface area contributed by atoms with E-state index in [1.165, 1.54) is 0 Å². The van der Waals surface area contributed by atoms with Crippen LogP contribution in [0.1, 0.15) is 45.4 Å². The molecular weight excluding hydrogens is 220 g/mol. The van der Waals surface area contributed by atoms with Gasteiger partial charge < -0.3 is 15.7 Å². The molecule has 0 bridgehead atoms. The molecule has 0 aromatic heterocycles. The number of aliphatic carboxylic acids is 1. The Morgan fingerprint density at radius 1 is 1.53 bits per heavy atom. The first-order valence-electron chi connectivity index (χ1n) is 6.32. The largest absolute Gasteiger partial charge is 0.481 e. The van der Waals surface area contributed by atoms with E-state index in [0.29, 0.717) is 18.9 Å². The Labute approximate surface area is 102 Å². The van der Waals surface area contributed by atoms with Gasteiger partial charge in [0, 0.05) is 24.9 Å². The Morgan fingerprint density at radius 3 is 2.88 bits per heavy atom. The minimum atomic E-state index is -0.779. The molecule has 0 radical (unpaired) electrons. The van der Waals surface area contributed by atoms with E-state index in [1.807, 2.05) is 6.92 Å². The molecule has 2 unspecified atom stereocenters. The van der Waals surface area contributed by atoms with Gasteiger partial charge in [-0.05, 0) is 39.2 Å². The molecule has 0 spiro atoms. The second kappa shape index (κ2) is 7.27. The number of hydrogen-bond donors (Lipinski definition) is 3. The maximum Gasteiger partial charge on any atom is 0.303 e. The molecule has 1 amide bonds. The lowest BCUT2D eigenvalue weighted by Gasteiger charge is -2.15. The van der Waals surface area contributed by atoms with E-state index in [4.69, 9.17) is 5.11 Å². The van der Waals surface area contributed by atoms with Crippen molar-refractivity contribution in [3.8, 4) is 0 Å². The Bertz CT molecular complexity index is 262. The van der Waals surface area contributed by atoms with E-state index in [0.717, 1.165) is 25.8 Å². The maximum atomic E-state index is 11.6. The molecule has 1 aliphatic rings. The summed E-state index contributed by atoms with van der Waals surface area (Å²) in [6, 6.07) is 0.379. The van der Waals surface area contributed by atoms with E-state index < -0.39 is 5.97 Å². The first-order chi connectivity index (χ1) is 8.08. The summed E-state index contributed by atoms with van der Waals surface area (Å²) < 4.78 is 0. The number of carbonyl (C=O) groups is 2. The number of rotatable bonds is 7. The highest BCUT2D eigenvalue weighted by Crippen LogP contribution is 2.09. The summed E-state index contributed by atoms with van der Waals surface area (Å²) in [6.07, 6.45) is 4.25. The summed E-state index contributed by atoms with van der Waals surface area (Å²) in [5.74, 6) is -0.717. The third-order valence-corrected chi connectivity index (χ3v) is 3.03. The van der Waals surface area contributed by atoms with Crippen LogP contribution < -0.4 is 10.6 Å². The summed E-state index contributed by atoms with van der Waals surface area (Å²) in [7, 11) is 0. The topological polar surface area (TPSA) is 78.4 Å². The maximum absolute atomic E-state index is 11.6. The van der Waals surface area contributed by atoms with Crippen molar-refractivity contribution in [2.24, 2.45) is 0 Å². The molecule has 1 heterocycles. The van der Waals surface area contributed by atoms with Crippen LogP contribution in [0.2, 0.25) is 0 Å². The molecule has 1 aliphatic heterocycles. The Balaban J connectivity index is 2.09. The highest BCUT2D eigenvalue weighted by molar-refractivity contribution is 5.76. The number of carboxylic acid groups (broad SMARTS) is 1. The zero-order valence-corrected chi connectivity index (χ0v) is 10.4. The van der Waals surface area contributed by atoms with Crippen molar-refractivity contribution < 1.29 is 14.7 Å². The molecule has 5 heteroatoms. The van der Waals surface area contributed by atoms with E-state index >= 15 is 0 Å². The molecule has 5 nitrogen and oxygen atoms in total. The van der Waals surface area contributed by atoms with Crippen molar-refractivity contribution in [3.63, 3.8) is 0 Å². The molecule has 0 aliphatic carbocycles. The number of amides is 1. The minimum absolute atomic E-state index is 0.0586. The summed E-state index contributed by atoms with van der Waals surface area (Å²) in [6.45, 7) is 2.92. The highest BCUT2D eigenvalue weighted by atomic mass is 16.4. The van der Waals surface area contributed by atoms with Gasteiger partial charge in [0.1, 0.15) is 0 Å². The summed E-state index contributed by atoms with van der Waals surface area (Å²) in [5, 5.41) is 14.7. The van der Waals surface area contributed by atoms with Crippen LogP contribution in [0.5, 0.6) is 0 Å². The molecule has 3 N–H and O–H groups in total. The Kier molecular flexibility index (Phi) is 5.97. The van der Waals surface area contributed by atoms with Gasteiger partial charge in [-0.25, -0.2) is 0 Å². The Hall–Kier alpha value is -1.10. The van der Waals surface area contributed by atoms with Crippen molar-refractivity contribution in [2.75, 3.05) is 6.54 Å². The summed E-state index contributed by atoms with van der Waals surface area (Å²) in [5.41, 5.74) is 0. The second-order valence-corrected chi connectivity index (χ2v) is 4.75. The predicted molar refractivity (Wildman–Crippen MR) is 64.7 cm³/mol. The zero-order valence-electron chi connectivity index (χ0n) is 10.4. The molecule has 98 valence electrons. The van der Waals surface area contributed by atoms with Gasteiger partial charge in [0.05, 0.1) is 0 Å². The summed E-state index contributed by atoms with van der Waals surface area (Å²) >= 11 is 0. The number of hydrogen-bond acceptors (Lipinski definition) is 3. The normalized spacial score (nSPS) is 21.1.